The molecule has 1 aliphatic rings. The molecule has 17 nitrogen and oxygen atoms in total. The first kappa shape index (κ1) is 34.7. The van der Waals surface area contributed by atoms with E-state index in [2.05, 4.69) is 10.1 Å². The molecule has 0 spiro atoms. The normalized spacial score (nSPS) is 23.0. The van der Waals surface area contributed by atoms with Crippen LogP contribution in [0.2, 0.25) is 0 Å². The molecule has 1 saturated heterocycles. The van der Waals surface area contributed by atoms with Gasteiger partial charge in [0, 0.05) is 41.5 Å². The molecule has 0 saturated carbocycles. The minimum absolute atomic E-state index is 0.710. The van der Waals surface area contributed by atoms with Crippen LogP contribution in [0.1, 0.15) is 48.0 Å². The minimum Gasteiger partial charge on any atom is -0.464 e. The molecule has 0 aromatic carbocycles. The first-order valence-electron chi connectivity index (χ1n) is 12.0. The number of ether oxygens (including phenoxy) is 8. The quantitative estimate of drug-likeness (QED) is 0.204. The molecule has 0 aliphatic carbocycles. The van der Waals surface area contributed by atoms with Crippen molar-refractivity contribution in [3.05, 3.63) is 0 Å². The fraction of sp³-hybridized carbons (Fsp3) is 0.667. The summed E-state index contributed by atoms with van der Waals surface area (Å²) in [4.78, 5) is 96.6. The van der Waals surface area contributed by atoms with Crippen LogP contribution in [0, 0.1) is 0 Å². The molecule has 1 fully saturated rings. The predicted octanol–water partition coefficient (Wildman–Crippen LogP) is -1.39. The first-order chi connectivity index (χ1) is 19.0. The van der Waals surface area contributed by atoms with Crippen LogP contribution in [0.3, 0.4) is 0 Å². The Labute approximate surface area is 234 Å². The smallest absolute Gasteiger partial charge is 0.379 e. The molecule has 0 radical (unpaired) electrons. The van der Waals surface area contributed by atoms with Gasteiger partial charge in [-0.15, -0.1) is 0 Å². The third kappa shape index (κ3) is 11.0. The van der Waals surface area contributed by atoms with E-state index in [1.54, 1.807) is 0 Å². The Kier molecular flexibility index (Phi) is 13.1. The van der Waals surface area contributed by atoms with E-state index in [0.29, 0.717) is 0 Å². The fourth-order valence-corrected chi connectivity index (χ4v) is 3.90. The van der Waals surface area contributed by atoms with Gasteiger partial charge in [0.05, 0.1) is 19.6 Å². The monoisotopic (exact) mass is 591 g/mol. The summed E-state index contributed by atoms with van der Waals surface area (Å²) in [6, 6.07) is -1.55. The number of hydrogen-bond acceptors (Lipinski definition) is 16. The van der Waals surface area contributed by atoms with Gasteiger partial charge < -0.3 is 43.2 Å². The predicted molar refractivity (Wildman–Crippen MR) is 128 cm³/mol. The Bertz CT molecular complexity index is 1040. The van der Waals surface area contributed by atoms with E-state index in [-0.39, 0.29) is 0 Å². The molecule has 17 heteroatoms. The highest BCUT2D eigenvalue weighted by Gasteiger charge is 2.60. The van der Waals surface area contributed by atoms with Crippen LogP contribution >= 0.6 is 0 Å². The molecular formula is C24H33NO16. The molecule has 1 aliphatic heterocycles. The molecule has 1 amide bonds. The third-order valence-corrected chi connectivity index (χ3v) is 5.17. The van der Waals surface area contributed by atoms with Gasteiger partial charge in [-0.2, -0.15) is 0 Å². The summed E-state index contributed by atoms with van der Waals surface area (Å²) in [5.74, 6) is -10.4. The molecule has 0 unspecified atom stereocenters. The number of amides is 1. The van der Waals surface area contributed by atoms with Crippen molar-refractivity contribution in [2.24, 2.45) is 0 Å². The van der Waals surface area contributed by atoms with Crippen LogP contribution in [0.4, 0.5) is 0 Å². The van der Waals surface area contributed by atoms with Gasteiger partial charge in [0.1, 0.15) is 18.8 Å². The summed E-state index contributed by atoms with van der Waals surface area (Å²) in [7, 11) is 0.936. The Hall–Kier alpha value is -4.28. The Morgan fingerprint density at radius 3 is 1.85 bits per heavy atom. The van der Waals surface area contributed by atoms with E-state index < -0.39 is 104 Å². The summed E-state index contributed by atoms with van der Waals surface area (Å²) in [5.41, 5.74) is 0. The molecule has 0 bridgehead atoms. The third-order valence-electron chi connectivity index (χ3n) is 5.17. The summed E-state index contributed by atoms with van der Waals surface area (Å²) < 4.78 is 41.3. The van der Waals surface area contributed by atoms with E-state index in [9.17, 15) is 38.4 Å². The van der Waals surface area contributed by atoms with E-state index >= 15 is 0 Å². The van der Waals surface area contributed by atoms with Crippen molar-refractivity contribution in [1.82, 2.24) is 5.32 Å². The van der Waals surface area contributed by atoms with Crippen molar-refractivity contribution in [3.8, 4) is 0 Å². The van der Waals surface area contributed by atoms with E-state index in [1.807, 2.05) is 0 Å². The van der Waals surface area contributed by atoms with Gasteiger partial charge in [-0.25, -0.2) is 4.79 Å². The van der Waals surface area contributed by atoms with Gasteiger partial charge in [-0.1, -0.05) is 0 Å². The number of esters is 7. The lowest BCUT2D eigenvalue weighted by Gasteiger charge is -2.48. The van der Waals surface area contributed by atoms with Crippen molar-refractivity contribution >= 4 is 47.7 Å². The lowest BCUT2D eigenvalue weighted by Crippen LogP contribution is -2.69. The van der Waals surface area contributed by atoms with Gasteiger partial charge in [0.2, 0.25) is 0 Å². The second-order valence-corrected chi connectivity index (χ2v) is 8.67. The number of rotatable bonds is 12. The number of carbonyl (C=O) groups is 8. The van der Waals surface area contributed by atoms with Crippen LogP contribution in [0.15, 0.2) is 0 Å². The first-order valence-corrected chi connectivity index (χ1v) is 12.0. The number of methoxy groups -OCH3 is 1. The van der Waals surface area contributed by atoms with Crippen LogP contribution in [-0.2, 0) is 76.3 Å². The van der Waals surface area contributed by atoms with Crippen LogP contribution in [-0.4, -0.2) is 104 Å². The lowest BCUT2D eigenvalue weighted by atomic mass is 9.88. The van der Waals surface area contributed by atoms with Crippen LogP contribution in [0.25, 0.3) is 0 Å². The molecule has 0 aromatic heterocycles. The Morgan fingerprint density at radius 2 is 1.39 bits per heavy atom. The summed E-state index contributed by atoms with van der Waals surface area (Å²) in [6.07, 6.45) is -7.58. The molecule has 1 N–H and O–H groups in total. The SMILES string of the molecule is COC(=O)[C@@]1(OC(C)=O)C[C@@H](OC(C)=O)[C@@H](NC(=O)COC(C)=O)[C@H]([C@H](OC(C)=O)[C@@H](COC(C)=O)OC(C)=O)O1. The zero-order valence-electron chi connectivity index (χ0n) is 23.5. The summed E-state index contributed by atoms with van der Waals surface area (Å²) in [6.45, 7) is 4.45. The number of nitrogens with one attached hydrogen (secondary N) is 1. The standard InChI is InChI=1S/C24H33NO16/c1-11(26)35-9-18(38-14(4)29)21(39-15(5)30)22-20(25-19(32)10-36-12(2)27)17(37-13(3)28)8-24(41-22,23(33)34-7)40-16(6)31/h17-18,20-22H,8-10H2,1-7H3,(H,25,32)/t17-,18-,20-,21-,22-,24-/m1/s1. The second-order valence-electron chi connectivity index (χ2n) is 8.67. The van der Waals surface area contributed by atoms with Gasteiger partial charge >= 0.3 is 47.6 Å². The molecule has 1 heterocycles. The van der Waals surface area contributed by atoms with Crippen molar-refractivity contribution in [3.63, 3.8) is 0 Å². The van der Waals surface area contributed by atoms with E-state index in [0.717, 1.165) is 48.7 Å². The van der Waals surface area contributed by atoms with Gasteiger partial charge in [-0.05, 0) is 0 Å². The largest absolute Gasteiger partial charge is 0.464 e. The average Bonchev–Trinajstić information content (AvgIpc) is 2.83. The topological polar surface area (TPSA) is 222 Å². The highest BCUT2D eigenvalue weighted by molar-refractivity contribution is 5.83. The number of carbonyl (C=O) groups excluding carboxylic acids is 8. The molecule has 230 valence electrons. The summed E-state index contributed by atoms with van der Waals surface area (Å²) >= 11 is 0. The van der Waals surface area contributed by atoms with Gasteiger partial charge in [0.15, 0.2) is 18.8 Å². The molecular weight excluding hydrogens is 558 g/mol. The average molecular weight is 592 g/mol. The Balaban J connectivity index is 3.87. The van der Waals surface area contributed by atoms with E-state index in [1.165, 1.54) is 0 Å². The second kappa shape index (κ2) is 15.5. The highest BCUT2D eigenvalue weighted by Crippen LogP contribution is 2.37. The lowest BCUT2D eigenvalue weighted by molar-refractivity contribution is -0.304. The van der Waals surface area contributed by atoms with Crippen molar-refractivity contribution in [1.29, 1.82) is 0 Å². The maximum atomic E-state index is 12.9. The zero-order valence-corrected chi connectivity index (χ0v) is 23.5. The van der Waals surface area contributed by atoms with E-state index in [4.69, 9.17) is 33.2 Å². The van der Waals surface area contributed by atoms with Gasteiger partial charge in [0.25, 0.3) is 5.91 Å². The molecule has 0 aromatic rings. The zero-order chi connectivity index (χ0) is 31.5. The van der Waals surface area contributed by atoms with Crippen LogP contribution in [0.5, 0.6) is 0 Å². The maximum Gasteiger partial charge on any atom is 0.379 e. The maximum absolute atomic E-state index is 12.9. The van der Waals surface area contributed by atoms with Crippen molar-refractivity contribution < 1.29 is 76.3 Å². The number of hydrogen-bond donors (Lipinski definition) is 1. The fourth-order valence-electron chi connectivity index (χ4n) is 3.90. The van der Waals surface area contributed by atoms with Crippen molar-refractivity contribution in [2.45, 2.75) is 84.2 Å². The highest BCUT2D eigenvalue weighted by atomic mass is 16.8. The van der Waals surface area contributed by atoms with Gasteiger partial charge in [-0.3, -0.25) is 33.6 Å². The molecule has 1 rings (SSSR count). The Morgan fingerprint density at radius 1 is 0.805 bits per heavy atom. The minimum atomic E-state index is -2.64. The molecule has 41 heavy (non-hydrogen) atoms. The van der Waals surface area contributed by atoms with Crippen molar-refractivity contribution in [2.75, 3.05) is 20.3 Å². The summed E-state index contributed by atoms with van der Waals surface area (Å²) in [5, 5.41) is 2.40. The molecule has 6 atom stereocenters. The van der Waals surface area contributed by atoms with Crippen LogP contribution < -0.4 is 5.32 Å².